The Bertz CT molecular complexity index is 505. The molecule has 0 fully saturated rings. The second-order valence-corrected chi connectivity index (χ2v) is 5.66. The first-order valence-corrected chi connectivity index (χ1v) is 7.33. The summed E-state index contributed by atoms with van der Waals surface area (Å²) in [5, 5.41) is 4.26. The highest BCUT2D eigenvalue weighted by atomic mass is 79.9. The lowest BCUT2D eigenvalue weighted by molar-refractivity contribution is 0.717. The van der Waals surface area contributed by atoms with Crippen LogP contribution in [0.5, 0.6) is 0 Å². The molecule has 18 heavy (non-hydrogen) atoms. The molecule has 1 aromatic heterocycles. The molecule has 5 heteroatoms. The molecular weight excluding hydrogens is 310 g/mol. The Kier molecular flexibility index (Phi) is 5.16. The lowest BCUT2D eigenvalue weighted by Gasteiger charge is -2.09. The topological polar surface area (TPSA) is 37.8 Å². The summed E-state index contributed by atoms with van der Waals surface area (Å²) in [6.45, 7) is 3.92. The van der Waals surface area contributed by atoms with Gasteiger partial charge >= 0.3 is 0 Å². The fourth-order valence-corrected chi connectivity index (χ4v) is 2.76. The van der Waals surface area contributed by atoms with Crippen LogP contribution >= 0.6 is 27.7 Å². The van der Waals surface area contributed by atoms with Gasteiger partial charge in [0.1, 0.15) is 5.03 Å². The molecule has 0 aliphatic rings. The van der Waals surface area contributed by atoms with Crippen LogP contribution in [0, 0.1) is 0 Å². The summed E-state index contributed by atoms with van der Waals surface area (Å²) in [4.78, 5) is 9.58. The first kappa shape index (κ1) is 13.5. The molecule has 0 unspecified atom stereocenters. The Balaban J connectivity index is 2.21. The van der Waals surface area contributed by atoms with Gasteiger partial charge in [0.2, 0.25) is 0 Å². The standard InChI is InChI=1S/C13H14BrN3S/c1-2-15-8-10-7-11(14)3-4-12(10)18-13-9-16-5-6-17-13/h3-7,9,15H,2,8H2,1H3. The van der Waals surface area contributed by atoms with Gasteiger partial charge in [0.05, 0.1) is 6.20 Å². The fraction of sp³-hybridized carbons (Fsp3) is 0.231. The third kappa shape index (κ3) is 3.80. The van der Waals surface area contributed by atoms with Gasteiger partial charge in [-0.05, 0) is 30.3 Å². The molecule has 0 radical (unpaired) electrons. The Morgan fingerprint density at radius 1 is 1.33 bits per heavy atom. The molecule has 94 valence electrons. The van der Waals surface area contributed by atoms with Crippen molar-refractivity contribution in [1.82, 2.24) is 15.3 Å². The summed E-state index contributed by atoms with van der Waals surface area (Å²) in [5.41, 5.74) is 1.27. The highest BCUT2D eigenvalue weighted by molar-refractivity contribution is 9.10. The van der Waals surface area contributed by atoms with Crippen LogP contribution in [0.15, 0.2) is 51.2 Å². The van der Waals surface area contributed by atoms with Crippen molar-refractivity contribution >= 4 is 27.7 Å². The van der Waals surface area contributed by atoms with E-state index in [2.05, 4.69) is 50.3 Å². The molecule has 0 amide bonds. The van der Waals surface area contributed by atoms with E-state index in [-0.39, 0.29) is 0 Å². The van der Waals surface area contributed by atoms with E-state index in [1.54, 1.807) is 30.4 Å². The van der Waals surface area contributed by atoms with Gasteiger partial charge < -0.3 is 5.32 Å². The zero-order chi connectivity index (χ0) is 12.8. The third-order valence-electron chi connectivity index (χ3n) is 2.34. The van der Waals surface area contributed by atoms with Gasteiger partial charge in [-0.3, -0.25) is 4.98 Å². The van der Waals surface area contributed by atoms with Gasteiger partial charge in [-0.25, -0.2) is 4.98 Å². The molecule has 1 N–H and O–H groups in total. The van der Waals surface area contributed by atoms with E-state index >= 15 is 0 Å². The number of rotatable bonds is 5. The van der Waals surface area contributed by atoms with E-state index in [1.165, 1.54) is 10.5 Å². The number of hydrogen-bond donors (Lipinski definition) is 1. The van der Waals surface area contributed by atoms with Crippen molar-refractivity contribution in [3.8, 4) is 0 Å². The second-order valence-electron chi connectivity index (χ2n) is 3.68. The molecule has 0 bridgehead atoms. The average molecular weight is 324 g/mol. The molecule has 1 heterocycles. The molecule has 0 saturated carbocycles. The molecule has 0 aliphatic carbocycles. The summed E-state index contributed by atoms with van der Waals surface area (Å²) in [5.74, 6) is 0. The largest absolute Gasteiger partial charge is 0.313 e. The zero-order valence-electron chi connectivity index (χ0n) is 10.1. The van der Waals surface area contributed by atoms with Gasteiger partial charge in [0.15, 0.2) is 0 Å². The van der Waals surface area contributed by atoms with Crippen molar-refractivity contribution in [2.24, 2.45) is 0 Å². The van der Waals surface area contributed by atoms with Crippen LogP contribution < -0.4 is 5.32 Å². The number of benzene rings is 1. The molecule has 1 aromatic carbocycles. The maximum atomic E-state index is 4.29. The normalized spacial score (nSPS) is 10.6. The Morgan fingerprint density at radius 3 is 2.94 bits per heavy atom. The van der Waals surface area contributed by atoms with Crippen molar-refractivity contribution in [3.63, 3.8) is 0 Å². The van der Waals surface area contributed by atoms with Crippen molar-refractivity contribution in [2.75, 3.05) is 6.54 Å². The predicted molar refractivity (Wildman–Crippen MR) is 77.7 cm³/mol. The summed E-state index contributed by atoms with van der Waals surface area (Å²) >= 11 is 5.15. The SMILES string of the molecule is CCNCc1cc(Br)ccc1Sc1cnccn1. The van der Waals surface area contributed by atoms with Crippen LogP contribution in [-0.4, -0.2) is 16.5 Å². The number of nitrogens with one attached hydrogen (secondary N) is 1. The highest BCUT2D eigenvalue weighted by Crippen LogP contribution is 2.30. The van der Waals surface area contributed by atoms with Crippen LogP contribution in [0.2, 0.25) is 0 Å². The Morgan fingerprint density at radius 2 is 2.22 bits per heavy atom. The average Bonchev–Trinajstić information content (AvgIpc) is 2.40. The number of halogens is 1. The van der Waals surface area contributed by atoms with Gasteiger partial charge in [-0.1, -0.05) is 34.6 Å². The fourth-order valence-electron chi connectivity index (χ4n) is 1.50. The quantitative estimate of drug-likeness (QED) is 0.913. The molecule has 0 saturated heterocycles. The van der Waals surface area contributed by atoms with Crippen molar-refractivity contribution in [3.05, 3.63) is 46.8 Å². The predicted octanol–water partition coefficient (Wildman–Crippen LogP) is 3.50. The van der Waals surface area contributed by atoms with Gasteiger partial charge in [0.25, 0.3) is 0 Å². The maximum absolute atomic E-state index is 4.29. The summed E-state index contributed by atoms with van der Waals surface area (Å²) in [6, 6.07) is 6.30. The van der Waals surface area contributed by atoms with Crippen LogP contribution in [0.25, 0.3) is 0 Å². The van der Waals surface area contributed by atoms with E-state index in [4.69, 9.17) is 0 Å². The molecule has 2 rings (SSSR count). The number of hydrogen-bond acceptors (Lipinski definition) is 4. The van der Waals surface area contributed by atoms with Crippen LogP contribution in [-0.2, 0) is 6.54 Å². The van der Waals surface area contributed by atoms with E-state index < -0.39 is 0 Å². The number of nitrogens with zero attached hydrogens (tertiary/aromatic N) is 2. The Hall–Kier alpha value is -0.910. The van der Waals surface area contributed by atoms with Crippen molar-refractivity contribution in [1.29, 1.82) is 0 Å². The minimum Gasteiger partial charge on any atom is -0.313 e. The van der Waals surface area contributed by atoms with Gasteiger partial charge in [-0.2, -0.15) is 0 Å². The molecular formula is C13H14BrN3S. The monoisotopic (exact) mass is 323 g/mol. The summed E-state index contributed by atoms with van der Waals surface area (Å²) in [6.07, 6.45) is 5.18. The van der Waals surface area contributed by atoms with Gasteiger partial charge in [0, 0.05) is 28.3 Å². The van der Waals surface area contributed by atoms with Crippen LogP contribution in [0.4, 0.5) is 0 Å². The minimum absolute atomic E-state index is 0.860. The van der Waals surface area contributed by atoms with Gasteiger partial charge in [-0.15, -0.1) is 0 Å². The minimum atomic E-state index is 0.860. The molecule has 0 aliphatic heterocycles. The highest BCUT2D eigenvalue weighted by Gasteiger charge is 2.06. The van der Waals surface area contributed by atoms with E-state index in [1.807, 2.05) is 6.07 Å². The molecule has 0 atom stereocenters. The zero-order valence-corrected chi connectivity index (χ0v) is 12.5. The molecule has 2 aromatic rings. The third-order valence-corrected chi connectivity index (χ3v) is 3.87. The number of aromatic nitrogens is 2. The van der Waals surface area contributed by atoms with Crippen LogP contribution in [0.3, 0.4) is 0 Å². The van der Waals surface area contributed by atoms with Crippen molar-refractivity contribution in [2.45, 2.75) is 23.4 Å². The van der Waals surface area contributed by atoms with E-state index in [0.717, 1.165) is 22.6 Å². The summed E-state index contributed by atoms with van der Waals surface area (Å²) < 4.78 is 1.10. The first-order valence-electron chi connectivity index (χ1n) is 5.72. The lowest BCUT2D eigenvalue weighted by Crippen LogP contribution is -2.12. The van der Waals surface area contributed by atoms with E-state index in [0.29, 0.717) is 0 Å². The second kappa shape index (κ2) is 6.87. The van der Waals surface area contributed by atoms with Crippen molar-refractivity contribution < 1.29 is 0 Å². The Labute approximate surface area is 120 Å². The first-order chi connectivity index (χ1) is 8.79. The lowest BCUT2D eigenvalue weighted by atomic mass is 10.2. The van der Waals surface area contributed by atoms with Crippen LogP contribution in [0.1, 0.15) is 12.5 Å². The smallest absolute Gasteiger partial charge is 0.119 e. The van der Waals surface area contributed by atoms with E-state index in [9.17, 15) is 0 Å². The molecule has 3 nitrogen and oxygen atoms in total. The molecule has 0 spiro atoms. The maximum Gasteiger partial charge on any atom is 0.119 e. The summed E-state index contributed by atoms with van der Waals surface area (Å²) in [7, 11) is 0.